The topological polar surface area (TPSA) is 77.8 Å². The second-order valence-corrected chi connectivity index (χ2v) is 5.80. The van der Waals surface area contributed by atoms with Crippen LogP contribution in [0.1, 0.15) is 51.9 Å². The molecule has 1 aliphatic carbocycles. The molecule has 5 heteroatoms. The third-order valence-electron chi connectivity index (χ3n) is 3.97. The lowest BCUT2D eigenvalue weighted by molar-refractivity contribution is -0.154. The molecule has 110 valence electrons. The van der Waals surface area contributed by atoms with E-state index in [-0.39, 0.29) is 18.9 Å². The van der Waals surface area contributed by atoms with Gasteiger partial charge in [-0.2, -0.15) is 0 Å². The van der Waals surface area contributed by atoms with Crippen LogP contribution in [0.2, 0.25) is 0 Å². The van der Waals surface area contributed by atoms with Crippen molar-refractivity contribution in [1.29, 1.82) is 0 Å². The zero-order chi connectivity index (χ0) is 14.5. The molecule has 0 spiro atoms. The molecule has 1 rings (SSSR count). The van der Waals surface area contributed by atoms with E-state index in [9.17, 15) is 19.8 Å². The summed E-state index contributed by atoms with van der Waals surface area (Å²) in [5.74, 6) is -1.04. The van der Waals surface area contributed by atoms with Gasteiger partial charge in [0, 0.05) is 20.0 Å². The number of carboxylic acids is 1. The molecule has 0 bridgehead atoms. The van der Waals surface area contributed by atoms with E-state index >= 15 is 0 Å². The Kier molecular flexibility index (Phi) is 5.79. The summed E-state index contributed by atoms with van der Waals surface area (Å²) in [6, 6.07) is 0. The molecule has 0 aromatic heterocycles. The Morgan fingerprint density at radius 1 is 1.21 bits per heavy atom. The molecule has 0 aromatic rings. The van der Waals surface area contributed by atoms with Crippen LogP contribution >= 0.6 is 0 Å². The fourth-order valence-electron chi connectivity index (χ4n) is 2.79. The first-order valence-electron chi connectivity index (χ1n) is 7.03. The van der Waals surface area contributed by atoms with Crippen molar-refractivity contribution in [3.8, 4) is 0 Å². The molecule has 1 atom stereocenters. The van der Waals surface area contributed by atoms with Gasteiger partial charge in [0.2, 0.25) is 5.91 Å². The number of carboxylic acid groups (broad SMARTS) is 1. The molecule has 0 aromatic carbocycles. The highest BCUT2D eigenvalue weighted by atomic mass is 16.4. The van der Waals surface area contributed by atoms with Crippen molar-refractivity contribution in [3.63, 3.8) is 0 Å². The van der Waals surface area contributed by atoms with Gasteiger partial charge in [-0.05, 0) is 19.8 Å². The first-order valence-corrected chi connectivity index (χ1v) is 7.03. The standard InChI is InChI=1S/C14H25NO4/c1-11(16)10-15(2)12(17)9-14(13(18)19)7-5-3-4-6-8-14/h11,16H,3-10H2,1-2H3,(H,18,19). The van der Waals surface area contributed by atoms with E-state index in [0.29, 0.717) is 12.8 Å². The van der Waals surface area contributed by atoms with Gasteiger partial charge < -0.3 is 15.1 Å². The Labute approximate surface area is 114 Å². The minimum Gasteiger partial charge on any atom is -0.481 e. The quantitative estimate of drug-likeness (QED) is 0.745. The van der Waals surface area contributed by atoms with Gasteiger partial charge in [0.15, 0.2) is 0 Å². The number of aliphatic carboxylic acids is 1. The van der Waals surface area contributed by atoms with Crippen molar-refractivity contribution in [2.45, 2.75) is 58.0 Å². The highest BCUT2D eigenvalue weighted by molar-refractivity contribution is 5.85. The van der Waals surface area contributed by atoms with Crippen LogP contribution in [0.3, 0.4) is 0 Å². The summed E-state index contributed by atoms with van der Waals surface area (Å²) in [6.07, 6.45) is 4.46. The van der Waals surface area contributed by atoms with E-state index in [1.54, 1.807) is 14.0 Å². The fourth-order valence-corrected chi connectivity index (χ4v) is 2.79. The SMILES string of the molecule is CC(O)CN(C)C(=O)CC1(C(=O)O)CCCCCC1. The van der Waals surface area contributed by atoms with Gasteiger partial charge in [-0.1, -0.05) is 25.7 Å². The normalized spacial score (nSPS) is 20.4. The number of nitrogens with zero attached hydrogens (tertiary/aromatic N) is 1. The average molecular weight is 271 g/mol. The summed E-state index contributed by atoms with van der Waals surface area (Å²) in [5.41, 5.74) is -0.902. The smallest absolute Gasteiger partial charge is 0.310 e. The predicted molar refractivity (Wildman–Crippen MR) is 71.7 cm³/mol. The maximum absolute atomic E-state index is 12.1. The van der Waals surface area contributed by atoms with E-state index in [1.807, 2.05) is 0 Å². The molecule has 2 N–H and O–H groups in total. The minimum absolute atomic E-state index is 0.0472. The second kappa shape index (κ2) is 6.89. The number of carbonyl (C=O) groups excluding carboxylic acids is 1. The second-order valence-electron chi connectivity index (χ2n) is 5.80. The first kappa shape index (κ1) is 16.0. The number of hydrogen-bond donors (Lipinski definition) is 2. The number of aliphatic hydroxyl groups excluding tert-OH is 1. The van der Waals surface area contributed by atoms with Crippen LogP contribution in [0.25, 0.3) is 0 Å². The van der Waals surface area contributed by atoms with Crippen LogP contribution in [0.5, 0.6) is 0 Å². The van der Waals surface area contributed by atoms with Gasteiger partial charge in [0.1, 0.15) is 0 Å². The Morgan fingerprint density at radius 3 is 2.16 bits per heavy atom. The van der Waals surface area contributed by atoms with Crippen LogP contribution in [0, 0.1) is 5.41 Å². The molecule has 1 saturated carbocycles. The van der Waals surface area contributed by atoms with Gasteiger partial charge in [-0.25, -0.2) is 0 Å². The Balaban J connectivity index is 2.72. The number of likely N-dealkylation sites (N-methyl/N-ethyl adjacent to an activating group) is 1. The van der Waals surface area contributed by atoms with E-state index in [4.69, 9.17) is 0 Å². The van der Waals surface area contributed by atoms with Gasteiger partial charge >= 0.3 is 5.97 Å². The van der Waals surface area contributed by atoms with Crippen LogP contribution in [-0.4, -0.2) is 46.7 Å². The van der Waals surface area contributed by atoms with E-state index in [1.165, 1.54) is 4.90 Å². The molecule has 0 heterocycles. The molecular weight excluding hydrogens is 246 g/mol. The highest BCUT2D eigenvalue weighted by Gasteiger charge is 2.41. The molecule has 1 amide bonds. The summed E-state index contributed by atoms with van der Waals surface area (Å²) < 4.78 is 0. The van der Waals surface area contributed by atoms with Crippen molar-refractivity contribution in [2.24, 2.45) is 5.41 Å². The molecule has 0 radical (unpaired) electrons. The number of hydrogen-bond acceptors (Lipinski definition) is 3. The van der Waals surface area contributed by atoms with Crippen molar-refractivity contribution in [2.75, 3.05) is 13.6 Å². The summed E-state index contributed by atoms with van der Waals surface area (Å²) in [7, 11) is 1.61. The van der Waals surface area contributed by atoms with Gasteiger partial charge in [0.05, 0.1) is 11.5 Å². The summed E-state index contributed by atoms with van der Waals surface area (Å²) in [6.45, 7) is 1.86. The highest BCUT2D eigenvalue weighted by Crippen LogP contribution is 2.38. The maximum atomic E-state index is 12.1. The third-order valence-corrected chi connectivity index (χ3v) is 3.97. The third kappa shape index (κ3) is 4.49. The zero-order valence-electron chi connectivity index (χ0n) is 11.9. The summed E-state index contributed by atoms with van der Waals surface area (Å²) in [4.78, 5) is 25.1. The number of rotatable bonds is 5. The largest absolute Gasteiger partial charge is 0.481 e. The van der Waals surface area contributed by atoms with Crippen molar-refractivity contribution >= 4 is 11.9 Å². The van der Waals surface area contributed by atoms with Crippen LogP contribution in [0.4, 0.5) is 0 Å². The Hall–Kier alpha value is -1.10. The molecule has 5 nitrogen and oxygen atoms in total. The maximum Gasteiger partial charge on any atom is 0.310 e. The number of aliphatic hydroxyl groups is 1. The molecule has 1 fully saturated rings. The van der Waals surface area contributed by atoms with Crippen LogP contribution < -0.4 is 0 Å². The number of amides is 1. The van der Waals surface area contributed by atoms with Gasteiger partial charge in [-0.3, -0.25) is 9.59 Å². The monoisotopic (exact) mass is 271 g/mol. The Bertz CT molecular complexity index is 319. The zero-order valence-corrected chi connectivity index (χ0v) is 11.9. The lowest BCUT2D eigenvalue weighted by Gasteiger charge is -2.30. The lowest BCUT2D eigenvalue weighted by atomic mass is 9.77. The fraction of sp³-hybridized carbons (Fsp3) is 0.857. The van der Waals surface area contributed by atoms with Crippen molar-refractivity contribution in [3.05, 3.63) is 0 Å². The average Bonchev–Trinajstić information content (AvgIpc) is 2.54. The van der Waals surface area contributed by atoms with Gasteiger partial charge in [-0.15, -0.1) is 0 Å². The summed E-state index contributed by atoms with van der Waals surface area (Å²) in [5, 5.41) is 18.8. The number of carbonyl (C=O) groups is 2. The molecule has 19 heavy (non-hydrogen) atoms. The predicted octanol–water partition coefficient (Wildman–Crippen LogP) is 1.64. The molecule has 0 saturated heterocycles. The van der Waals surface area contributed by atoms with E-state index in [2.05, 4.69) is 0 Å². The van der Waals surface area contributed by atoms with E-state index < -0.39 is 17.5 Å². The molecule has 1 unspecified atom stereocenters. The van der Waals surface area contributed by atoms with Crippen LogP contribution in [-0.2, 0) is 9.59 Å². The first-order chi connectivity index (χ1) is 8.87. The lowest BCUT2D eigenvalue weighted by Crippen LogP contribution is -2.40. The van der Waals surface area contributed by atoms with E-state index in [0.717, 1.165) is 25.7 Å². The molecule has 1 aliphatic rings. The van der Waals surface area contributed by atoms with Gasteiger partial charge in [0.25, 0.3) is 0 Å². The summed E-state index contributed by atoms with van der Waals surface area (Å²) >= 11 is 0. The van der Waals surface area contributed by atoms with Crippen molar-refractivity contribution in [1.82, 2.24) is 4.90 Å². The minimum atomic E-state index is -0.902. The van der Waals surface area contributed by atoms with Crippen LogP contribution in [0.15, 0.2) is 0 Å². The molecule has 0 aliphatic heterocycles. The Morgan fingerprint density at radius 2 is 1.74 bits per heavy atom. The van der Waals surface area contributed by atoms with Crippen molar-refractivity contribution < 1.29 is 19.8 Å². The molecular formula is C14H25NO4.